The molecule has 1 atom stereocenters. The van der Waals surface area contributed by atoms with Gasteiger partial charge in [0.1, 0.15) is 10.3 Å². The number of aryl methyl sites for hydroxylation is 1. The third-order valence-electron chi connectivity index (χ3n) is 3.42. The molecule has 0 aliphatic heterocycles. The number of hydrogen-bond acceptors (Lipinski definition) is 5. The summed E-state index contributed by atoms with van der Waals surface area (Å²) in [6, 6.07) is 7.48. The Labute approximate surface area is 161 Å². The number of nitrogens with one attached hydrogen (secondary N) is 2. The Hall–Kier alpha value is -1.06. The van der Waals surface area contributed by atoms with Crippen LogP contribution < -0.4 is 10.0 Å². The van der Waals surface area contributed by atoms with Gasteiger partial charge in [-0.15, -0.1) is 11.3 Å². The lowest BCUT2D eigenvalue weighted by Gasteiger charge is -2.18. The molecule has 0 fully saturated rings. The van der Waals surface area contributed by atoms with Gasteiger partial charge in [0.25, 0.3) is 10.0 Å². The van der Waals surface area contributed by atoms with Crippen molar-refractivity contribution in [3.63, 3.8) is 0 Å². The van der Waals surface area contributed by atoms with Gasteiger partial charge in [-0.1, -0.05) is 23.7 Å². The number of amides is 1. The van der Waals surface area contributed by atoms with E-state index in [2.05, 4.69) is 10.0 Å². The molecule has 25 heavy (non-hydrogen) atoms. The summed E-state index contributed by atoms with van der Waals surface area (Å²) in [6.45, 7) is 1.87. The Morgan fingerprint density at radius 1 is 1.36 bits per heavy atom. The normalized spacial score (nSPS) is 12.8. The Kier molecular flexibility index (Phi) is 7.33. The summed E-state index contributed by atoms with van der Waals surface area (Å²) < 4.78 is 27.5. The number of thioether (sulfide) groups is 1. The molecule has 5 nitrogen and oxygen atoms in total. The molecule has 1 aromatic heterocycles. The summed E-state index contributed by atoms with van der Waals surface area (Å²) in [5.41, 5.74) is 1.43. The molecule has 0 aliphatic carbocycles. The van der Waals surface area contributed by atoms with Crippen molar-refractivity contribution in [1.82, 2.24) is 4.72 Å². The quantitative estimate of drug-likeness (QED) is 0.684. The van der Waals surface area contributed by atoms with Gasteiger partial charge < -0.3 is 5.32 Å². The second kappa shape index (κ2) is 9.05. The maximum Gasteiger partial charge on any atom is 0.250 e. The van der Waals surface area contributed by atoms with E-state index in [0.29, 0.717) is 22.9 Å². The highest BCUT2D eigenvalue weighted by atomic mass is 35.5. The van der Waals surface area contributed by atoms with E-state index in [1.165, 1.54) is 6.07 Å². The fourth-order valence-electron chi connectivity index (χ4n) is 2.04. The summed E-state index contributed by atoms with van der Waals surface area (Å²) in [4.78, 5) is 12.6. The first-order valence-electron chi connectivity index (χ1n) is 7.45. The van der Waals surface area contributed by atoms with Gasteiger partial charge in [0.15, 0.2) is 0 Å². The number of sulfonamides is 1. The Balaban J connectivity index is 2.15. The zero-order valence-electron chi connectivity index (χ0n) is 13.8. The van der Waals surface area contributed by atoms with Gasteiger partial charge in [-0.2, -0.15) is 16.5 Å². The average molecular weight is 419 g/mol. The average Bonchev–Trinajstić information content (AvgIpc) is 3.10. The highest BCUT2D eigenvalue weighted by Crippen LogP contribution is 2.21. The lowest BCUT2D eigenvalue weighted by Crippen LogP contribution is -2.43. The number of benzene rings is 1. The first kappa shape index (κ1) is 20.3. The number of anilines is 1. The molecule has 136 valence electrons. The standard InChI is InChI=1S/C16H19ClN2O3S3/c1-11-5-6-12(10-13(11)17)18-16(20)14(7-9-23-2)19-25(21,22)15-4-3-8-24-15/h3-6,8,10,14,19H,7,9H2,1-2H3,(H,18,20)/t14-/m1/s1. The zero-order chi connectivity index (χ0) is 18.4. The minimum atomic E-state index is -3.73. The van der Waals surface area contributed by atoms with Crippen molar-refractivity contribution < 1.29 is 13.2 Å². The van der Waals surface area contributed by atoms with E-state index < -0.39 is 22.0 Å². The van der Waals surface area contributed by atoms with Gasteiger partial charge in [-0.05, 0) is 54.5 Å². The van der Waals surface area contributed by atoms with Gasteiger partial charge in [0.2, 0.25) is 5.91 Å². The number of halogens is 1. The van der Waals surface area contributed by atoms with E-state index in [9.17, 15) is 13.2 Å². The minimum absolute atomic E-state index is 0.188. The van der Waals surface area contributed by atoms with E-state index in [1.54, 1.807) is 41.4 Å². The summed E-state index contributed by atoms with van der Waals surface area (Å²) in [6.07, 6.45) is 2.29. The van der Waals surface area contributed by atoms with E-state index >= 15 is 0 Å². The summed E-state index contributed by atoms with van der Waals surface area (Å²) in [5.74, 6) is 0.244. The molecular formula is C16H19ClN2O3S3. The molecule has 0 radical (unpaired) electrons. The van der Waals surface area contributed by atoms with Gasteiger partial charge >= 0.3 is 0 Å². The molecule has 0 spiro atoms. The molecule has 1 amide bonds. The van der Waals surface area contributed by atoms with Crippen LogP contribution in [0.2, 0.25) is 5.02 Å². The smallest absolute Gasteiger partial charge is 0.250 e. The third kappa shape index (κ3) is 5.72. The molecule has 0 saturated heterocycles. The highest BCUT2D eigenvalue weighted by Gasteiger charge is 2.26. The van der Waals surface area contributed by atoms with Crippen LogP contribution in [-0.2, 0) is 14.8 Å². The van der Waals surface area contributed by atoms with Crippen molar-refractivity contribution in [2.75, 3.05) is 17.3 Å². The fraction of sp³-hybridized carbons (Fsp3) is 0.312. The van der Waals surface area contributed by atoms with Crippen molar-refractivity contribution in [2.45, 2.75) is 23.6 Å². The van der Waals surface area contributed by atoms with Crippen LogP contribution in [0.25, 0.3) is 0 Å². The first-order valence-corrected chi connectivity index (χ1v) is 11.6. The van der Waals surface area contributed by atoms with Crippen LogP contribution in [0.4, 0.5) is 5.69 Å². The van der Waals surface area contributed by atoms with Gasteiger partial charge in [0.05, 0.1) is 0 Å². The maximum atomic E-state index is 12.6. The molecule has 1 aromatic carbocycles. The molecule has 0 saturated carbocycles. The zero-order valence-corrected chi connectivity index (χ0v) is 17.0. The number of rotatable bonds is 8. The fourth-order valence-corrected chi connectivity index (χ4v) is 4.93. The third-order valence-corrected chi connectivity index (χ3v) is 7.34. The van der Waals surface area contributed by atoms with Gasteiger partial charge in [-0.3, -0.25) is 4.79 Å². The number of hydrogen-bond donors (Lipinski definition) is 2. The second-order valence-corrected chi connectivity index (χ2v) is 9.62. The topological polar surface area (TPSA) is 75.3 Å². The van der Waals surface area contributed by atoms with Gasteiger partial charge in [0, 0.05) is 10.7 Å². The Bertz CT molecular complexity index is 823. The highest BCUT2D eigenvalue weighted by molar-refractivity contribution is 7.98. The number of carbonyl (C=O) groups is 1. The van der Waals surface area contributed by atoms with Crippen molar-refractivity contribution in [3.05, 3.63) is 46.3 Å². The Morgan fingerprint density at radius 3 is 2.72 bits per heavy atom. The maximum absolute atomic E-state index is 12.6. The summed E-state index contributed by atoms with van der Waals surface area (Å²) in [7, 11) is -3.73. The van der Waals surface area contributed by atoms with Crippen LogP contribution in [0.3, 0.4) is 0 Å². The van der Waals surface area contributed by atoms with Crippen molar-refractivity contribution in [1.29, 1.82) is 0 Å². The molecule has 0 unspecified atom stereocenters. The lowest BCUT2D eigenvalue weighted by atomic mass is 10.2. The molecular weight excluding hydrogens is 400 g/mol. The van der Waals surface area contributed by atoms with E-state index in [1.807, 2.05) is 13.2 Å². The van der Waals surface area contributed by atoms with E-state index in [4.69, 9.17) is 11.6 Å². The molecule has 2 N–H and O–H groups in total. The lowest BCUT2D eigenvalue weighted by molar-refractivity contribution is -0.117. The number of thiophene rings is 1. The van der Waals surface area contributed by atoms with Crippen molar-refractivity contribution in [3.8, 4) is 0 Å². The molecule has 9 heteroatoms. The van der Waals surface area contributed by atoms with Crippen LogP contribution in [0, 0.1) is 6.92 Å². The molecule has 2 aromatic rings. The molecule has 2 rings (SSSR count). The van der Waals surface area contributed by atoms with Crippen LogP contribution >= 0.6 is 34.7 Å². The van der Waals surface area contributed by atoms with E-state index in [-0.39, 0.29) is 4.21 Å². The molecule has 0 aliphatic rings. The summed E-state index contributed by atoms with van der Waals surface area (Å²) >= 11 is 8.73. The predicted octanol–water partition coefficient (Wildman–Crippen LogP) is 3.75. The van der Waals surface area contributed by atoms with Crippen LogP contribution in [0.5, 0.6) is 0 Å². The molecule has 0 bridgehead atoms. The van der Waals surface area contributed by atoms with Gasteiger partial charge in [-0.25, -0.2) is 8.42 Å². The number of carbonyl (C=O) groups excluding carboxylic acids is 1. The van der Waals surface area contributed by atoms with Crippen molar-refractivity contribution >= 4 is 56.3 Å². The monoisotopic (exact) mass is 418 g/mol. The van der Waals surface area contributed by atoms with Crippen LogP contribution in [0.1, 0.15) is 12.0 Å². The van der Waals surface area contributed by atoms with E-state index in [0.717, 1.165) is 16.9 Å². The largest absolute Gasteiger partial charge is 0.325 e. The summed E-state index contributed by atoms with van der Waals surface area (Å²) in [5, 5.41) is 4.95. The van der Waals surface area contributed by atoms with Crippen LogP contribution in [0.15, 0.2) is 39.9 Å². The SMILES string of the molecule is CSCC[C@@H](NS(=O)(=O)c1cccs1)C(=O)Nc1ccc(C)c(Cl)c1. The predicted molar refractivity (Wildman–Crippen MR) is 106 cm³/mol. The minimum Gasteiger partial charge on any atom is -0.325 e. The molecule has 1 heterocycles. The second-order valence-electron chi connectivity index (χ2n) is 5.34. The first-order chi connectivity index (χ1) is 11.8. The Morgan fingerprint density at radius 2 is 2.12 bits per heavy atom. The van der Waals surface area contributed by atoms with Crippen LogP contribution in [-0.4, -0.2) is 32.4 Å². The van der Waals surface area contributed by atoms with Crippen molar-refractivity contribution in [2.24, 2.45) is 0 Å².